The van der Waals surface area contributed by atoms with Gasteiger partial charge in [-0.1, -0.05) is 54.1 Å². The van der Waals surface area contributed by atoms with E-state index in [4.69, 9.17) is 4.74 Å². The van der Waals surface area contributed by atoms with Gasteiger partial charge in [-0.05, 0) is 49.2 Å². The normalized spacial score (nSPS) is 15.5. The Morgan fingerprint density at radius 2 is 1.72 bits per heavy atom. The number of nitrogens with one attached hydrogen (secondary N) is 1. The van der Waals surface area contributed by atoms with Gasteiger partial charge in [-0.2, -0.15) is 0 Å². The van der Waals surface area contributed by atoms with Crippen molar-refractivity contribution in [1.82, 2.24) is 9.88 Å². The predicted molar refractivity (Wildman–Crippen MR) is 138 cm³/mol. The van der Waals surface area contributed by atoms with Gasteiger partial charge in [-0.25, -0.2) is 4.90 Å². The van der Waals surface area contributed by atoms with Crippen LogP contribution in [0.25, 0.3) is 10.9 Å². The van der Waals surface area contributed by atoms with Crippen molar-refractivity contribution in [1.29, 1.82) is 0 Å². The topological polar surface area (TPSA) is 82.7 Å². The summed E-state index contributed by atoms with van der Waals surface area (Å²) in [6.07, 6.45) is 2.40. The Labute approximate surface area is 209 Å². The number of benzene rings is 3. The monoisotopic (exact) mass is 481 g/mol. The lowest BCUT2D eigenvalue weighted by Gasteiger charge is -2.27. The highest BCUT2D eigenvalue weighted by molar-refractivity contribution is 6.23. The number of aromatic amines is 1. The van der Waals surface area contributed by atoms with Crippen molar-refractivity contribution < 1.29 is 19.1 Å². The average molecular weight is 482 g/mol. The number of nitrogens with zero attached hydrogens (tertiary/aromatic N) is 2. The molecule has 5 rings (SSSR count). The summed E-state index contributed by atoms with van der Waals surface area (Å²) >= 11 is 0. The minimum atomic E-state index is -0.879. The first-order valence-electron chi connectivity index (χ1n) is 12.0. The molecule has 1 aliphatic rings. The van der Waals surface area contributed by atoms with Crippen LogP contribution in [0, 0.1) is 6.92 Å². The van der Waals surface area contributed by atoms with Crippen molar-refractivity contribution in [2.75, 3.05) is 18.1 Å². The molecule has 4 aromatic rings. The molecular formula is C29H27N3O4. The summed E-state index contributed by atoms with van der Waals surface area (Å²) in [7, 11) is 0. The number of amides is 3. The highest BCUT2D eigenvalue weighted by Gasteiger charge is 2.44. The number of carbonyl (C=O) groups excluding carboxylic acids is 3. The zero-order chi connectivity index (χ0) is 25.1. The second kappa shape index (κ2) is 10.1. The molecule has 7 nitrogen and oxygen atoms in total. The number of hydrogen-bond acceptors (Lipinski definition) is 4. The maximum atomic E-state index is 13.5. The second-order valence-electron chi connectivity index (χ2n) is 8.92. The highest BCUT2D eigenvalue weighted by atomic mass is 16.5. The summed E-state index contributed by atoms with van der Waals surface area (Å²) in [6.45, 7) is 2.00. The molecule has 1 fully saturated rings. The van der Waals surface area contributed by atoms with Crippen molar-refractivity contribution in [3.05, 3.63) is 96.2 Å². The van der Waals surface area contributed by atoms with Crippen molar-refractivity contribution in [2.24, 2.45) is 0 Å². The van der Waals surface area contributed by atoms with Gasteiger partial charge in [0.15, 0.2) is 6.61 Å². The number of anilines is 1. The number of fused-ring (bicyclic) bond motifs is 1. The molecule has 1 unspecified atom stereocenters. The van der Waals surface area contributed by atoms with Crippen LogP contribution < -0.4 is 9.64 Å². The van der Waals surface area contributed by atoms with E-state index in [0.717, 1.165) is 22.0 Å². The van der Waals surface area contributed by atoms with E-state index in [9.17, 15) is 14.4 Å². The third-order valence-corrected chi connectivity index (χ3v) is 6.51. The van der Waals surface area contributed by atoms with E-state index in [1.807, 2.05) is 67.7 Å². The Morgan fingerprint density at radius 1 is 1.00 bits per heavy atom. The Balaban J connectivity index is 1.38. The molecule has 0 saturated carbocycles. The number of imide groups is 1. The van der Waals surface area contributed by atoms with E-state index in [-0.39, 0.29) is 31.4 Å². The first kappa shape index (κ1) is 23.4. The number of carbonyl (C=O) groups is 3. The van der Waals surface area contributed by atoms with Gasteiger partial charge in [0.05, 0.1) is 12.1 Å². The molecule has 0 bridgehead atoms. The van der Waals surface area contributed by atoms with Crippen LogP contribution in [0.15, 0.2) is 85.1 Å². The fourth-order valence-corrected chi connectivity index (χ4v) is 4.60. The van der Waals surface area contributed by atoms with Gasteiger partial charge in [0.25, 0.3) is 11.8 Å². The molecule has 0 spiro atoms. The van der Waals surface area contributed by atoms with Crippen LogP contribution in [0.1, 0.15) is 17.5 Å². The Hall–Kier alpha value is -4.39. The Kier molecular flexibility index (Phi) is 6.54. The minimum Gasteiger partial charge on any atom is -0.484 e. The number of rotatable bonds is 8. The van der Waals surface area contributed by atoms with E-state index < -0.39 is 11.9 Å². The molecule has 36 heavy (non-hydrogen) atoms. The van der Waals surface area contributed by atoms with Crippen LogP contribution in [0.2, 0.25) is 0 Å². The first-order chi connectivity index (χ1) is 17.5. The third-order valence-electron chi connectivity index (χ3n) is 6.51. The van der Waals surface area contributed by atoms with Gasteiger partial charge >= 0.3 is 0 Å². The minimum absolute atomic E-state index is 0.0579. The molecule has 0 radical (unpaired) electrons. The summed E-state index contributed by atoms with van der Waals surface area (Å²) in [5.74, 6) is -0.480. The van der Waals surface area contributed by atoms with Crippen LogP contribution in [0.5, 0.6) is 5.75 Å². The van der Waals surface area contributed by atoms with Gasteiger partial charge < -0.3 is 14.6 Å². The van der Waals surface area contributed by atoms with Crippen LogP contribution in [-0.2, 0) is 20.8 Å². The zero-order valence-electron chi connectivity index (χ0n) is 20.0. The predicted octanol–water partition coefficient (Wildman–Crippen LogP) is 4.26. The molecule has 1 aromatic heterocycles. The van der Waals surface area contributed by atoms with E-state index in [1.54, 1.807) is 24.3 Å². The lowest BCUT2D eigenvalue weighted by atomic mass is 10.1. The molecule has 1 saturated heterocycles. The molecule has 2 heterocycles. The lowest BCUT2D eigenvalue weighted by Crippen LogP contribution is -2.48. The van der Waals surface area contributed by atoms with Crippen molar-refractivity contribution in [3.63, 3.8) is 0 Å². The summed E-state index contributed by atoms with van der Waals surface area (Å²) in [4.78, 5) is 45.7. The van der Waals surface area contributed by atoms with Gasteiger partial charge in [-0.3, -0.25) is 14.4 Å². The fraction of sp³-hybridized carbons (Fsp3) is 0.207. The van der Waals surface area contributed by atoms with E-state index >= 15 is 0 Å². The van der Waals surface area contributed by atoms with Crippen LogP contribution in [0.4, 0.5) is 5.69 Å². The quantitative estimate of drug-likeness (QED) is 0.381. The molecule has 3 amide bonds. The standard InChI is InChI=1S/C29H27N3O4/c1-20-11-13-22(14-12-20)32-27(33)17-26(29(32)35)31(28(34)19-36-23-7-3-2-4-8-23)16-15-21-18-30-25-10-6-5-9-24(21)25/h2-14,18,26,30H,15-17,19H2,1H3. The third kappa shape index (κ3) is 4.73. The average Bonchev–Trinajstić information content (AvgIpc) is 3.44. The van der Waals surface area contributed by atoms with Crippen molar-refractivity contribution >= 4 is 34.3 Å². The molecule has 7 heteroatoms. The molecule has 1 aliphatic heterocycles. The van der Waals surface area contributed by atoms with Crippen molar-refractivity contribution in [3.8, 4) is 5.75 Å². The van der Waals surface area contributed by atoms with Crippen LogP contribution in [-0.4, -0.2) is 46.8 Å². The van der Waals surface area contributed by atoms with Crippen LogP contribution >= 0.6 is 0 Å². The first-order valence-corrected chi connectivity index (χ1v) is 12.0. The summed E-state index contributed by atoms with van der Waals surface area (Å²) < 4.78 is 5.70. The number of aromatic nitrogens is 1. The molecule has 3 aromatic carbocycles. The smallest absolute Gasteiger partial charge is 0.261 e. The summed E-state index contributed by atoms with van der Waals surface area (Å²) in [6, 6.07) is 23.4. The summed E-state index contributed by atoms with van der Waals surface area (Å²) in [5.41, 5.74) is 3.60. The Bertz CT molecular complexity index is 1400. The molecule has 0 aliphatic carbocycles. The Morgan fingerprint density at radius 3 is 2.50 bits per heavy atom. The van der Waals surface area contributed by atoms with E-state index in [1.165, 1.54) is 9.80 Å². The molecule has 182 valence electrons. The van der Waals surface area contributed by atoms with Crippen molar-refractivity contribution in [2.45, 2.75) is 25.8 Å². The fourth-order valence-electron chi connectivity index (χ4n) is 4.60. The van der Waals surface area contributed by atoms with E-state index in [2.05, 4.69) is 4.98 Å². The van der Waals surface area contributed by atoms with E-state index in [0.29, 0.717) is 17.9 Å². The largest absolute Gasteiger partial charge is 0.484 e. The molecular weight excluding hydrogens is 454 g/mol. The number of para-hydroxylation sites is 2. The number of hydrogen-bond donors (Lipinski definition) is 1. The molecule has 1 N–H and O–H groups in total. The number of H-pyrrole nitrogens is 1. The zero-order valence-corrected chi connectivity index (χ0v) is 20.0. The van der Waals surface area contributed by atoms with Gasteiger partial charge in [0, 0.05) is 23.6 Å². The maximum Gasteiger partial charge on any atom is 0.261 e. The van der Waals surface area contributed by atoms with Gasteiger partial charge in [-0.15, -0.1) is 0 Å². The lowest BCUT2D eigenvalue weighted by molar-refractivity contribution is -0.140. The highest BCUT2D eigenvalue weighted by Crippen LogP contribution is 2.27. The van der Waals surface area contributed by atoms with Crippen LogP contribution in [0.3, 0.4) is 0 Å². The van der Waals surface area contributed by atoms with Gasteiger partial charge in [0.2, 0.25) is 5.91 Å². The summed E-state index contributed by atoms with van der Waals surface area (Å²) in [5, 5.41) is 1.07. The maximum absolute atomic E-state index is 13.5. The number of aryl methyl sites for hydroxylation is 1. The number of ether oxygens (including phenoxy) is 1. The molecule has 1 atom stereocenters. The second-order valence-corrected chi connectivity index (χ2v) is 8.92. The SMILES string of the molecule is Cc1ccc(N2C(=O)CC(N(CCc3c[nH]c4ccccc34)C(=O)COc3ccccc3)C2=O)cc1. The van der Waals surface area contributed by atoms with Gasteiger partial charge in [0.1, 0.15) is 11.8 Å².